The van der Waals surface area contributed by atoms with Gasteiger partial charge in [0, 0.05) is 49.9 Å². The molecule has 2 saturated heterocycles. The number of halogens is 1. The van der Waals surface area contributed by atoms with Gasteiger partial charge in [-0.1, -0.05) is 23.7 Å². The Morgan fingerprint density at radius 3 is 2.64 bits per heavy atom. The number of aromatic nitrogens is 2. The molecule has 1 atom stereocenters. The minimum Gasteiger partial charge on any atom is -0.354 e. The molecular weight excluding hydrogens is 378 g/mol. The Morgan fingerprint density at radius 1 is 1.14 bits per heavy atom. The number of hydrogen-bond acceptors (Lipinski definition) is 4. The van der Waals surface area contributed by atoms with E-state index in [1.54, 1.807) is 19.3 Å². The van der Waals surface area contributed by atoms with E-state index in [1.807, 2.05) is 17.0 Å². The van der Waals surface area contributed by atoms with Crippen LogP contribution in [0.2, 0.25) is 5.02 Å². The second kappa shape index (κ2) is 7.56. The molecule has 28 heavy (non-hydrogen) atoms. The highest BCUT2D eigenvalue weighted by Crippen LogP contribution is 2.40. The zero-order valence-corrected chi connectivity index (χ0v) is 16.7. The number of carbonyl (C=O) groups excluding carboxylic acids is 2. The lowest BCUT2D eigenvalue weighted by Gasteiger charge is -2.24. The molecule has 8 heteroatoms. The highest BCUT2D eigenvalue weighted by molar-refractivity contribution is 6.30. The third kappa shape index (κ3) is 3.77. The second-order valence-electron chi connectivity index (χ2n) is 7.77. The lowest BCUT2D eigenvalue weighted by Crippen LogP contribution is -2.36. The van der Waals surface area contributed by atoms with E-state index in [1.165, 1.54) is 10.2 Å². The molecule has 0 aliphatic carbocycles. The predicted molar refractivity (Wildman–Crippen MR) is 106 cm³/mol. The van der Waals surface area contributed by atoms with E-state index in [0.29, 0.717) is 0 Å². The van der Waals surface area contributed by atoms with Gasteiger partial charge >= 0.3 is 6.03 Å². The van der Waals surface area contributed by atoms with Gasteiger partial charge in [-0.3, -0.25) is 9.69 Å². The summed E-state index contributed by atoms with van der Waals surface area (Å²) in [6, 6.07) is 9.39. The fourth-order valence-electron chi connectivity index (χ4n) is 4.27. The highest BCUT2D eigenvalue weighted by atomic mass is 35.5. The standard InChI is InChI=1S/C20H24ClN5O2/c1-22-18(27)17-6-9-26(23-17)19(28)25-11-8-20(14-25)7-10-24(13-20)12-15-2-4-16(21)5-3-15/h2-6,9H,7-8,10-14H2,1H3,(H,22,27). The van der Waals surface area contributed by atoms with Crippen LogP contribution in [0.15, 0.2) is 36.5 Å². The molecule has 0 radical (unpaired) electrons. The molecule has 1 aromatic heterocycles. The van der Waals surface area contributed by atoms with Gasteiger partial charge in [0.2, 0.25) is 0 Å². The van der Waals surface area contributed by atoms with Crippen LogP contribution in [0, 0.1) is 5.41 Å². The Balaban J connectivity index is 1.37. The summed E-state index contributed by atoms with van der Waals surface area (Å²) in [5, 5.41) is 7.38. The molecule has 7 nitrogen and oxygen atoms in total. The molecule has 1 aromatic carbocycles. The quantitative estimate of drug-likeness (QED) is 0.857. The number of benzene rings is 1. The number of nitrogens with zero attached hydrogens (tertiary/aromatic N) is 4. The Hall–Kier alpha value is -2.38. The lowest BCUT2D eigenvalue weighted by atomic mass is 9.86. The zero-order chi connectivity index (χ0) is 19.7. The van der Waals surface area contributed by atoms with E-state index in [-0.39, 0.29) is 23.0 Å². The molecule has 2 amide bonds. The Bertz CT molecular complexity index is 881. The SMILES string of the molecule is CNC(=O)c1ccn(C(=O)N2CCC3(CCN(Cc4ccc(Cl)cc4)C3)C2)n1. The first kappa shape index (κ1) is 19.0. The van der Waals surface area contributed by atoms with Gasteiger partial charge in [0.1, 0.15) is 0 Å². The van der Waals surface area contributed by atoms with Crippen molar-refractivity contribution in [3.63, 3.8) is 0 Å². The summed E-state index contributed by atoms with van der Waals surface area (Å²) in [6.45, 7) is 4.39. The minimum absolute atomic E-state index is 0.152. The maximum absolute atomic E-state index is 12.8. The summed E-state index contributed by atoms with van der Waals surface area (Å²) in [5.41, 5.74) is 1.66. The molecule has 4 rings (SSSR count). The summed E-state index contributed by atoms with van der Waals surface area (Å²) in [7, 11) is 1.54. The molecule has 2 fully saturated rings. The van der Waals surface area contributed by atoms with Gasteiger partial charge in [-0.25, -0.2) is 4.79 Å². The molecule has 0 bridgehead atoms. The average molecular weight is 402 g/mol. The van der Waals surface area contributed by atoms with E-state index in [4.69, 9.17) is 11.6 Å². The number of carbonyl (C=O) groups is 2. The lowest BCUT2D eigenvalue weighted by molar-refractivity contribution is 0.0957. The first-order valence-corrected chi connectivity index (χ1v) is 9.90. The first-order valence-electron chi connectivity index (χ1n) is 9.52. The van der Waals surface area contributed by atoms with Gasteiger partial charge in [0.25, 0.3) is 5.91 Å². The topological polar surface area (TPSA) is 70.5 Å². The summed E-state index contributed by atoms with van der Waals surface area (Å²) in [6.07, 6.45) is 3.64. The summed E-state index contributed by atoms with van der Waals surface area (Å²) < 4.78 is 1.27. The largest absolute Gasteiger partial charge is 0.354 e. The van der Waals surface area contributed by atoms with Crippen molar-refractivity contribution >= 4 is 23.5 Å². The molecule has 1 unspecified atom stereocenters. The van der Waals surface area contributed by atoms with Crippen molar-refractivity contribution in [2.45, 2.75) is 19.4 Å². The monoisotopic (exact) mass is 401 g/mol. The van der Waals surface area contributed by atoms with Crippen LogP contribution in [0.4, 0.5) is 4.79 Å². The van der Waals surface area contributed by atoms with E-state index in [9.17, 15) is 9.59 Å². The van der Waals surface area contributed by atoms with Crippen LogP contribution in [-0.4, -0.2) is 64.7 Å². The van der Waals surface area contributed by atoms with Crippen molar-refractivity contribution in [1.29, 1.82) is 0 Å². The maximum Gasteiger partial charge on any atom is 0.344 e. The van der Waals surface area contributed by atoms with Crippen LogP contribution in [-0.2, 0) is 6.54 Å². The summed E-state index contributed by atoms with van der Waals surface area (Å²) in [4.78, 5) is 28.7. The highest BCUT2D eigenvalue weighted by Gasteiger charge is 2.45. The molecule has 2 aromatic rings. The number of nitrogens with one attached hydrogen (secondary N) is 1. The molecule has 2 aliphatic heterocycles. The summed E-state index contributed by atoms with van der Waals surface area (Å²) in [5.74, 6) is -0.293. The maximum atomic E-state index is 12.8. The summed E-state index contributed by atoms with van der Waals surface area (Å²) >= 11 is 5.97. The van der Waals surface area contributed by atoms with Crippen molar-refractivity contribution in [1.82, 2.24) is 24.9 Å². The van der Waals surface area contributed by atoms with Gasteiger partial charge < -0.3 is 10.2 Å². The molecule has 1 spiro atoms. The van der Waals surface area contributed by atoms with Gasteiger partial charge in [-0.2, -0.15) is 9.78 Å². The van der Waals surface area contributed by atoms with Crippen LogP contribution in [0.5, 0.6) is 0 Å². The zero-order valence-electron chi connectivity index (χ0n) is 15.9. The van der Waals surface area contributed by atoms with Crippen LogP contribution in [0.25, 0.3) is 0 Å². The predicted octanol–water partition coefficient (Wildman–Crippen LogP) is 2.46. The van der Waals surface area contributed by atoms with Crippen molar-refractivity contribution in [3.8, 4) is 0 Å². The fraction of sp³-hybridized carbons (Fsp3) is 0.450. The number of likely N-dealkylation sites (tertiary alicyclic amines) is 2. The van der Waals surface area contributed by atoms with Gasteiger partial charge in [0.05, 0.1) is 0 Å². The second-order valence-corrected chi connectivity index (χ2v) is 8.20. The van der Waals surface area contributed by atoms with Crippen molar-refractivity contribution in [2.24, 2.45) is 5.41 Å². The fourth-order valence-corrected chi connectivity index (χ4v) is 4.39. The minimum atomic E-state index is -0.293. The van der Waals surface area contributed by atoms with Gasteiger partial charge in [0.15, 0.2) is 5.69 Å². The van der Waals surface area contributed by atoms with Crippen molar-refractivity contribution in [3.05, 3.63) is 52.8 Å². The molecule has 3 heterocycles. The Labute approximate surface area is 169 Å². The van der Waals surface area contributed by atoms with Crippen molar-refractivity contribution in [2.75, 3.05) is 33.2 Å². The smallest absolute Gasteiger partial charge is 0.344 e. The van der Waals surface area contributed by atoms with E-state index in [0.717, 1.165) is 50.6 Å². The number of amides is 2. The van der Waals surface area contributed by atoms with Crippen molar-refractivity contribution < 1.29 is 9.59 Å². The third-order valence-electron chi connectivity index (χ3n) is 5.79. The van der Waals surface area contributed by atoms with E-state index < -0.39 is 0 Å². The van der Waals surface area contributed by atoms with Gasteiger partial charge in [-0.05, 0) is 43.1 Å². The molecule has 148 valence electrons. The average Bonchev–Trinajstić information content (AvgIpc) is 3.43. The van der Waals surface area contributed by atoms with E-state index in [2.05, 4.69) is 27.4 Å². The van der Waals surface area contributed by atoms with Crippen LogP contribution in [0.3, 0.4) is 0 Å². The third-order valence-corrected chi connectivity index (χ3v) is 6.04. The molecule has 1 N–H and O–H groups in total. The van der Waals surface area contributed by atoms with E-state index >= 15 is 0 Å². The number of rotatable bonds is 3. The Morgan fingerprint density at radius 2 is 1.89 bits per heavy atom. The van der Waals surface area contributed by atoms with Crippen LogP contribution < -0.4 is 5.32 Å². The molecule has 2 aliphatic rings. The normalized spacial score (nSPS) is 22.1. The van der Waals surface area contributed by atoms with Crippen LogP contribution >= 0.6 is 11.6 Å². The molecule has 0 saturated carbocycles. The first-order chi connectivity index (χ1) is 13.5. The number of hydrogen-bond donors (Lipinski definition) is 1. The van der Waals surface area contributed by atoms with Gasteiger partial charge in [-0.15, -0.1) is 0 Å². The Kier molecular flexibility index (Phi) is 5.12. The molecular formula is C20H24ClN5O2. The van der Waals surface area contributed by atoms with Crippen LogP contribution in [0.1, 0.15) is 28.9 Å².